The first kappa shape index (κ1) is 10.9. The largest absolute Gasteiger partial charge is 0.391 e. The second-order valence-electron chi connectivity index (χ2n) is 4.89. The molecular weight excluding hydrogens is 192 g/mol. The maximum atomic E-state index is 11.7. The monoisotopic (exact) mass is 212 g/mol. The molecule has 1 aliphatic heterocycles. The van der Waals surface area contributed by atoms with Gasteiger partial charge in [-0.3, -0.25) is 4.79 Å². The van der Waals surface area contributed by atoms with Crippen LogP contribution in [0.5, 0.6) is 0 Å². The van der Waals surface area contributed by atoms with Crippen LogP contribution in [0.3, 0.4) is 0 Å². The summed E-state index contributed by atoms with van der Waals surface area (Å²) in [6.07, 6.45) is 1.88. The minimum atomic E-state index is -0.335. The Morgan fingerprint density at radius 3 is 2.80 bits per heavy atom. The average Bonchev–Trinajstić information content (AvgIpc) is 2.98. The van der Waals surface area contributed by atoms with Crippen LogP contribution >= 0.6 is 0 Å². The number of aliphatic hydroxyl groups excluding tert-OH is 1. The number of aliphatic hydroxyl groups is 1. The predicted octanol–water partition coefficient (Wildman–Crippen LogP) is -0.271. The van der Waals surface area contributed by atoms with Crippen molar-refractivity contribution in [3.8, 4) is 0 Å². The molecule has 1 saturated heterocycles. The second kappa shape index (κ2) is 4.49. The van der Waals surface area contributed by atoms with Crippen molar-refractivity contribution in [1.29, 1.82) is 0 Å². The molecule has 15 heavy (non-hydrogen) atoms. The van der Waals surface area contributed by atoms with Crippen LogP contribution in [-0.2, 0) is 4.79 Å². The van der Waals surface area contributed by atoms with Crippen LogP contribution in [0.25, 0.3) is 0 Å². The fourth-order valence-electron chi connectivity index (χ4n) is 2.14. The van der Waals surface area contributed by atoms with Gasteiger partial charge in [-0.2, -0.15) is 0 Å². The maximum Gasteiger partial charge on any atom is 0.224 e. The molecule has 1 amide bonds. The van der Waals surface area contributed by atoms with E-state index >= 15 is 0 Å². The predicted molar refractivity (Wildman–Crippen MR) is 57.3 cm³/mol. The van der Waals surface area contributed by atoms with E-state index in [0.29, 0.717) is 18.4 Å². The van der Waals surface area contributed by atoms with E-state index in [1.165, 1.54) is 0 Å². The van der Waals surface area contributed by atoms with Crippen LogP contribution < -0.4 is 10.6 Å². The summed E-state index contributed by atoms with van der Waals surface area (Å²) in [5.41, 5.74) is 0. The first-order valence-corrected chi connectivity index (χ1v) is 5.85. The van der Waals surface area contributed by atoms with E-state index < -0.39 is 0 Å². The molecule has 4 nitrogen and oxygen atoms in total. The van der Waals surface area contributed by atoms with Gasteiger partial charge in [-0.05, 0) is 31.2 Å². The lowest BCUT2D eigenvalue weighted by Crippen LogP contribution is -2.39. The number of hydrogen-bond acceptors (Lipinski definition) is 3. The zero-order valence-corrected chi connectivity index (χ0v) is 9.20. The Balaban J connectivity index is 1.71. The lowest BCUT2D eigenvalue weighted by Gasteiger charge is -2.16. The third kappa shape index (κ3) is 2.69. The summed E-state index contributed by atoms with van der Waals surface area (Å²) in [5.74, 6) is 1.01. The summed E-state index contributed by atoms with van der Waals surface area (Å²) in [7, 11) is 0. The smallest absolute Gasteiger partial charge is 0.224 e. The Hall–Kier alpha value is -0.610. The fourth-order valence-corrected chi connectivity index (χ4v) is 2.14. The molecule has 0 radical (unpaired) electrons. The van der Waals surface area contributed by atoms with Gasteiger partial charge in [0.05, 0.1) is 12.0 Å². The third-order valence-corrected chi connectivity index (χ3v) is 3.51. The standard InChI is InChI=1S/C11H20N2O2/c1-7-4-12-5-9(7)11(15)13-6-10(14)8-2-3-8/h7-10,12,14H,2-6H2,1H3,(H,13,15). The van der Waals surface area contributed by atoms with Crippen molar-refractivity contribution in [2.75, 3.05) is 19.6 Å². The SMILES string of the molecule is CC1CNCC1C(=O)NCC(O)C1CC1. The van der Waals surface area contributed by atoms with Gasteiger partial charge in [0, 0.05) is 13.1 Å². The molecule has 4 heteroatoms. The van der Waals surface area contributed by atoms with Gasteiger partial charge in [0.1, 0.15) is 0 Å². The Kier molecular flexibility index (Phi) is 3.26. The molecule has 0 aromatic carbocycles. The van der Waals surface area contributed by atoms with Gasteiger partial charge in [0.15, 0.2) is 0 Å². The lowest BCUT2D eigenvalue weighted by atomic mass is 9.97. The molecule has 0 aromatic rings. The van der Waals surface area contributed by atoms with Crippen LogP contribution in [0, 0.1) is 17.8 Å². The molecule has 2 rings (SSSR count). The first-order chi connectivity index (χ1) is 7.18. The zero-order chi connectivity index (χ0) is 10.8. The molecule has 3 unspecified atom stereocenters. The van der Waals surface area contributed by atoms with E-state index in [4.69, 9.17) is 0 Å². The van der Waals surface area contributed by atoms with Crippen molar-refractivity contribution < 1.29 is 9.90 Å². The first-order valence-electron chi connectivity index (χ1n) is 5.85. The van der Waals surface area contributed by atoms with E-state index in [1.807, 2.05) is 0 Å². The summed E-state index contributed by atoms with van der Waals surface area (Å²) < 4.78 is 0. The van der Waals surface area contributed by atoms with Crippen molar-refractivity contribution in [2.24, 2.45) is 17.8 Å². The van der Waals surface area contributed by atoms with Crippen molar-refractivity contribution in [2.45, 2.75) is 25.9 Å². The molecule has 1 saturated carbocycles. The van der Waals surface area contributed by atoms with Crippen LogP contribution in [0.1, 0.15) is 19.8 Å². The van der Waals surface area contributed by atoms with E-state index in [-0.39, 0.29) is 17.9 Å². The highest BCUT2D eigenvalue weighted by molar-refractivity contribution is 5.79. The number of nitrogens with one attached hydrogen (secondary N) is 2. The molecule has 1 aliphatic carbocycles. The quantitative estimate of drug-likeness (QED) is 0.601. The van der Waals surface area contributed by atoms with Gasteiger partial charge in [-0.25, -0.2) is 0 Å². The molecule has 1 heterocycles. The number of hydrogen-bond donors (Lipinski definition) is 3. The molecule has 2 aliphatic rings. The summed E-state index contributed by atoms with van der Waals surface area (Å²) in [4.78, 5) is 11.7. The summed E-state index contributed by atoms with van der Waals surface area (Å²) in [6, 6.07) is 0. The van der Waals surface area contributed by atoms with E-state index in [0.717, 1.165) is 25.9 Å². The fraction of sp³-hybridized carbons (Fsp3) is 0.909. The molecule has 0 spiro atoms. The van der Waals surface area contributed by atoms with Crippen LogP contribution in [0.15, 0.2) is 0 Å². The Bertz CT molecular complexity index is 241. The lowest BCUT2D eigenvalue weighted by molar-refractivity contribution is -0.125. The van der Waals surface area contributed by atoms with Crippen LogP contribution in [-0.4, -0.2) is 36.8 Å². The summed E-state index contributed by atoms with van der Waals surface area (Å²) in [6.45, 7) is 4.20. The Morgan fingerprint density at radius 2 is 2.27 bits per heavy atom. The van der Waals surface area contributed by atoms with Gasteiger partial charge in [-0.1, -0.05) is 6.92 Å². The Morgan fingerprint density at radius 1 is 1.53 bits per heavy atom. The van der Waals surface area contributed by atoms with E-state index in [9.17, 15) is 9.90 Å². The van der Waals surface area contributed by atoms with Gasteiger partial charge in [0.2, 0.25) is 5.91 Å². The highest BCUT2D eigenvalue weighted by Crippen LogP contribution is 2.32. The molecule has 3 N–H and O–H groups in total. The highest BCUT2D eigenvalue weighted by atomic mass is 16.3. The highest BCUT2D eigenvalue weighted by Gasteiger charge is 2.32. The van der Waals surface area contributed by atoms with Crippen LogP contribution in [0.4, 0.5) is 0 Å². The van der Waals surface area contributed by atoms with Crippen LogP contribution in [0.2, 0.25) is 0 Å². The summed E-state index contributed by atoms with van der Waals surface area (Å²) >= 11 is 0. The number of carbonyl (C=O) groups is 1. The molecular formula is C11H20N2O2. The van der Waals surface area contributed by atoms with Gasteiger partial charge in [-0.15, -0.1) is 0 Å². The minimum Gasteiger partial charge on any atom is -0.391 e. The normalized spacial score (nSPS) is 32.7. The maximum absolute atomic E-state index is 11.7. The summed E-state index contributed by atoms with van der Waals surface area (Å²) in [5, 5.41) is 15.7. The zero-order valence-electron chi connectivity index (χ0n) is 9.20. The van der Waals surface area contributed by atoms with Gasteiger partial charge >= 0.3 is 0 Å². The van der Waals surface area contributed by atoms with E-state index in [1.54, 1.807) is 0 Å². The topological polar surface area (TPSA) is 61.4 Å². The van der Waals surface area contributed by atoms with Gasteiger partial charge < -0.3 is 15.7 Å². The molecule has 0 aromatic heterocycles. The van der Waals surface area contributed by atoms with Crippen molar-refractivity contribution >= 4 is 5.91 Å². The second-order valence-corrected chi connectivity index (χ2v) is 4.89. The number of carbonyl (C=O) groups excluding carboxylic acids is 1. The average molecular weight is 212 g/mol. The third-order valence-electron chi connectivity index (χ3n) is 3.51. The van der Waals surface area contributed by atoms with Crippen molar-refractivity contribution in [3.63, 3.8) is 0 Å². The van der Waals surface area contributed by atoms with E-state index in [2.05, 4.69) is 17.6 Å². The van der Waals surface area contributed by atoms with Gasteiger partial charge in [0.25, 0.3) is 0 Å². The molecule has 2 fully saturated rings. The molecule has 86 valence electrons. The number of amides is 1. The number of rotatable bonds is 4. The van der Waals surface area contributed by atoms with Crippen molar-refractivity contribution in [1.82, 2.24) is 10.6 Å². The Labute approximate surface area is 90.4 Å². The molecule has 0 bridgehead atoms. The minimum absolute atomic E-state index is 0.0800. The molecule has 3 atom stereocenters. The van der Waals surface area contributed by atoms with Crippen molar-refractivity contribution in [3.05, 3.63) is 0 Å².